The monoisotopic (exact) mass is 426 g/mol. The fourth-order valence-electron chi connectivity index (χ4n) is 4.71. The fraction of sp³-hybridized carbons (Fsp3) is 0.571. The van der Waals surface area contributed by atoms with E-state index in [0.717, 1.165) is 80.1 Å². The van der Waals surface area contributed by atoms with E-state index < -0.39 is 21.6 Å². The minimum atomic E-state index is -4.04. The van der Waals surface area contributed by atoms with Crippen molar-refractivity contribution >= 4 is 21.7 Å². The molecule has 1 aromatic carbocycles. The van der Waals surface area contributed by atoms with Gasteiger partial charge in [-0.25, -0.2) is 8.42 Å². The molecule has 8 heteroatoms. The molecule has 0 bridgehead atoms. The zero-order valence-corrected chi connectivity index (χ0v) is 20.1. The predicted octanol–water partition coefficient (Wildman–Crippen LogP) is 0.901. The first-order valence-corrected chi connectivity index (χ1v) is 11.5. The number of hydrogen-bond donors (Lipinski definition) is 1. The number of aryl methyl sites for hydroxylation is 2. The molecular weight excluding hydrogens is 397 g/mol. The number of nitrogens with one attached hydrogen (secondary N) is 1. The van der Waals surface area contributed by atoms with Crippen molar-refractivity contribution in [3.63, 3.8) is 0 Å². The summed E-state index contributed by atoms with van der Waals surface area (Å²) in [6.07, 6.45) is 9.23. The summed E-state index contributed by atoms with van der Waals surface area (Å²) >= 11 is 0. The average molecular weight is 427 g/mol. The van der Waals surface area contributed by atoms with E-state index in [4.69, 9.17) is 1.37 Å². The van der Waals surface area contributed by atoms with Crippen molar-refractivity contribution in [1.82, 2.24) is 4.90 Å². The SMILES string of the molecule is [2H]CN1CCC[C@]1(C)/C=C/S(=O)(=O)[N-]C(=O)Nc1c2c(cc3c1CCC3)CCC2.[Na+]. The molecule has 0 aromatic heterocycles. The second-order valence-electron chi connectivity index (χ2n) is 8.30. The predicted molar refractivity (Wildman–Crippen MR) is 111 cm³/mol. The molecule has 1 heterocycles. The van der Waals surface area contributed by atoms with Crippen molar-refractivity contribution < 1.29 is 44.1 Å². The third kappa shape index (κ3) is 4.74. The maximum Gasteiger partial charge on any atom is 1.00 e. The molecule has 3 aliphatic rings. The van der Waals surface area contributed by atoms with Crippen LogP contribution in [-0.4, -0.2) is 38.5 Å². The Kier molecular flexibility index (Phi) is 6.42. The largest absolute Gasteiger partial charge is 1.00 e. The molecule has 1 atom stereocenters. The number of likely N-dealkylation sites (N-methyl/N-ethyl adjacent to an activating group) is 1. The molecule has 152 valence electrons. The molecule has 1 saturated heterocycles. The quantitative estimate of drug-likeness (QED) is 0.726. The number of urea groups is 1. The normalized spacial score (nSPS) is 24.1. The van der Waals surface area contributed by atoms with Gasteiger partial charge in [-0.2, -0.15) is 0 Å². The second kappa shape index (κ2) is 8.71. The summed E-state index contributed by atoms with van der Waals surface area (Å²) in [5.41, 5.74) is 5.14. The van der Waals surface area contributed by atoms with Crippen LogP contribution in [0, 0.1) is 0 Å². The number of anilines is 1. The molecule has 2 amide bonds. The standard InChI is InChI=1S/C21H29N3O3S.Na/c1-21(10-5-12-24(21)2)11-13-28(26,27)23-20(25)22-19-17-8-3-6-15(17)14-16-7-4-9-18(16)19;/h11,13-14H,3-10,12H2,1-2H3,(H2,22,23,25);/q;+1/p-1/b13-11+;/t21-;/m1./s1/i2D;. The number of sulfonamides is 1. The summed E-state index contributed by atoms with van der Waals surface area (Å²) in [5.74, 6) is 0. The molecule has 0 unspecified atom stereocenters. The van der Waals surface area contributed by atoms with E-state index in [0.29, 0.717) is 0 Å². The Hall–Kier alpha value is -0.860. The third-order valence-electron chi connectivity index (χ3n) is 6.35. The van der Waals surface area contributed by atoms with Crippen molar-refractivity contribution in [3.05, 3.63) is 44.5 Å². The first-order valence-electron chi connectivity index (χ1n) is 10.7. The average Bonchev–Trinajstić information content (AvgIpc) is 3.39. The van der Waals surface area contributed by atoms with E-state index in [2.05, 4.69) is 16.1 Å². The van der Waals surface area contributed by atoms with Gasteiger partial charge in [-0.1, -0.05) is 12.1 Å². The number of nitrogens with zero attached hydrogens (tertiary/aromatic N) is 2. The van der Waals surface area contributed by atoms with E-state index in [1.807, 2.05) is 11.8 Å². The zero-order chi connectivity index (χ0) is 20.6. The van der Waals surface area contributed by atoms with Crippen molar-refractivity contribution in [3.8, 4) is 0 Å². The topological polar surface area (TPSA) is 80.6 Å². The summed E-state index contributed by atoms with van der Waals surface area (Å²) in [4.78, 5) is 14.4. The first-order chi connectivity index (χ1) is 13.8. The van der Waals surface area contributed by atoms with Gasteiger partial charge in [0.2, 0.25) is 0 Å². The fourth-order valence-corrected chi connectivity index (χ4v) is 5.51. The Morgan fingerprint density at radius 2 is 1.86 bits per heavy atom. The maximum absolute atomic E-state index is 12.5. The van der Waals surface area contributed by atoms with E-state index in [-0.39, 0.29) is 36.6 Å². The molecule has 1 aromatic rings. The number of rotatable bonds is 4. The molecule has 0 saturated carbocycles. The summed E-state index contributed by atoms with van der Waals surface area (Å²) in [6.45, 7) is 2.68. The molecule has 2 aliphatic carbocycles. The number of carbonyl (C=O) groups is 1. The van der Waals surface area contributed by atoms with Crippen LogP contribution in [0.1, 0.15) is 56.2 Å². The van der Waals surface area contributed by atoms with E-state index >= 15 is 0 Å². The molecular formula is C21H28N3NaO3S. The zero-order valence-electron chi connectivity index (χ0n) is 18.3. The molecule has 6 nitrogen and oxygen atoms in total. The van der Waals surface area contributed by atoms with Crippen molar-refractivity contribution in [2.75, 3.05) is 18.9 Å². The Balaban J connectivity index is 0.00000256. The van der Waals surface area contributed by atoms with Crippen LogP contribution in [0.15, 0.2) is 17.6 Å². The minimum Gasteiger partial charge on any atom is -0.423 e. The van der Waals surface area contributed by atoms with Crippen molar-refractivity contribution in [2.24, 2.45) is 0 Å². The molecule has 1 N–H and O–H groups in total. The van der Waals surface area contributed by atoms with Gasteiger partial charge in [0.1, 0.15) is 0 Å². The summed E-state index contributed by atoms with van der Waals surface area (Å²) in [7, 11) is -3.93. The number of hydrogen-bond acceptors (Lipinski definition) is 4. The molecule has 29 heavy (non-hydrogen) atoms. The minimum absolute atomic E-state index is 0. The van der Waals surface area contributed by atoms with Gasteiger partial charge in [-0.3, -0.25) is 9.69 Å². The second-order valence-corrected chi connectivity index (χ2v) is 9.78. The molecule has 1 aliphatic heterocycles. The van der Waals surface area contributed by atoms with Gasteiger partial charge in [0.05, 0.1) is 0 Å². The number of benzene rings is 1. The summed E-state index contributed by atoms with van der Waals surface area (Å²) in [5, 5.41) is 3.81. The van der Waals surface area contributed by atoms with E-state index in [9.17, 15) is 13.2 Å². The van der Waals surface area contributed by atoms with Gasteiger partial charge in [0.15, 0.2) is 16.1 Å². The van der Waals surface area contributed by atoms with Gasteiger partial charge in [0, 0.05) is 12.3 Å². The Morgan fingerprint density at radius 3 is 2.48 bits per heavy atom. The van der Waals surface area contributed by atoms with Crippen LogP contribution in [0.2, 0.25) is 0 Å². The van der Waals surface area contributed by atoms with Gasteiger partial charge in [-0.05, 0) is 99.8 Å². The van der Waals surface area contributed by atoms with Crippen LogP contribution in [-0.2, 0) is 35.7 Å². The van der Waals surface area contributed by atoms with Crippen LogP contribution in [0.5, 0.6) is 0 Å². The van der Waals surface area contributed by atoms with Crippen LogP contribution in [0.3, 0.4) is 0 Å². The van der Waals surface area contributed by atoms with Crippen molar-refractivity contribution in [2.45, 2.75) is 63.8 Å². The van der Waals surface area contributed by atoms with E-state index in [1.54, 1.807) is 6.08 Å². The van der Waals surface area contributed by atoms with Crippen LogP contribution < -0.4 is 34.9 Å². The van der Waals surface area contributed by atoms with Gasteiger partial charge < -0.3 is 10.0 Å². The maximum atomic E-state index is 12.5. The third-order valence-corrected chi connectivity index (χ3v) is 7.25. The molecule has 0 spiro atoms. The number of likely N-dealkylation sites (tertiary alicyclic amines) is 1. The van der Waals surface area contributed by atoms with Crippen LogP contribution in [0.25, 0.3) is 4.72 Å². The van der Waals surface area contributed by atoms with Crippen molar-refractivity contribution in [1.29, 1.82) is 0 Å². The number of carbonyl (C=O) groups excluding carboxylic acids is 1. The Labute approximate surface area is 197 Å². The molecule has 1 fully saturated rings. The van der Waals surface area contributed by atoms with Gasteiger partial charge in [0.25, 0.3) is 0 Å². The number of amides is 2. The van der Waals surface area contributed by atoms with Gasteiger partial charge in [-0.15, -0.1) is 0 Å². The Bertz CT molecular complexity index is 934. The van der Waals surface area contributed by atoms with Crippen LogP contribution >= 0.6 is 0 Å². The summed E-state index contributed by atoms with van der Waals surface area (Å²) in [6, 6.07) is 1.43. The first kappa shape index (κ1) is 21.4. The smallest absolute Gasteiger partial charge is 0.423 e. The molecule has 4 rings (SSSR count). The molecule has 0 radical (unpaired) electrons. The van der Waals surface area contributed by atoms with Gasteiger partial charge >= 0.3 is 29.6 Å². The summed E-state index contributed by atoms with van der Waals surface area (Å²) < 4.78 is 35.9. The van der Waals surface area contributed by atoms with E-state index in [1.165, 1.54) is 11.1 Å². The van der Waals surface area contributed by atoms with Crippen LogP contribution in [0.4, 0.5) is 10.5 Å². The Morgan fingerprint density at radius 1 is 1.21 bits per heavy atom. The number of fused-ring (bicyclic) bond motifs is 2.